The first kappa shape index (κ1) is 17.9. The van der Waals surface area contributed by atoms with Gasteiger partial charge in [0.05, 0.1) is 5.52 Å². The number of fused-ring (bicyclic) bond motifs is 1. The number of benzene rings is 2. The van der Waals surface area contributed by atoms with E-state index in [-0.39, 0.29) is 5.91 Å². The third kappa shape index (κ3) is 3.03. The molecule has 4 aromatic rings. The van der Waals surface area contributed by atoms with Crippen molar-refractivity contribution in [3.05, 3.63) is 83.8 Å². The van der Waals surface area contributed by atoms with Gasteiger partial charge in [0, 0.05) is 24.8 Å². The third-order valence-electron chi connectivity index (χ3n) is 5.06. The number of nitrogens with zero attached hydrogens (tertiary/aromatic N) is 2. The standard InChI is InChI=1S/C24H21N3O/c1-15-13-20-23(16(2)22(15)18-9-11-26-12-10-18)19(17-7-5-4-6-8-17)14-21(27-20)24(28)25-3/h4-14H,1-3H3,(H,25,28). The summed E-state index contributed by atoms with van der Waals surface area (Å²) in [5.74, 6) is -0.187. The Morgan fingerprint density at radius 1 is 0.929 bits per heavy atom. The summed E-state index contributed by atoms with van der Waals surface area (Å²) in [7, 11) is 1.62. The summed E-state index contributed by atoms with van der Waals surface area (Å²) in [6.07, 6.45) is 3.62. The van der Waals surface area contributed by atoms with Gasteiger partial charge in [-0.15, -0.1) is 0 Å². The monoisotopic (exact) mass is 367 g/mol. The number of hydrogen-bond donors (Lipinski definition) is 1. The predicted octanol–water partition coefficient (Wildman–Crippen LogP) is 4.94. The minimum Gasteiger partial charge on any atom is -0.354 e. The number of carbonyl (C=O) groups excluding carboxylic acids is 1. The zero-order valence-corrected chi connectivity index (χ0v) is 16.2. The van der Waals surface area contributed by atoms with Crippen LogP contribution in [0.1, 0.15) is 21.6 Å². The van der Waals surface area contributed by atoms with E-state index in [1.165, 1.54) is 5.56 Å². The van der Waals surface area contributed by atoms with Crippen LogP contribution in [0, 0.1) is 13.8 Å². The SMILES string of the molecule is CNC(=O)c1cc(-c2ccccc2)c2c(C)c(-c3ccncc3)c(C)cc2n1. The summed E-state index contributed by atoms with van der Waals surface area (Å²) < 4.78 is 0. The number of hydrogen-bond acceptors (Lipinski definition) is 3. The Morgan fingerprint density at radius 2 is 1.64 bits per heavy atom. The van der Waals surface area contributed by atoms with E-state index in [2.05, 4.69) is 47.3 Å². The molecule has 4 nitrogen and oxygen atoms in total. The normalized spacial score (nSPS) is 10.8. The van der Waals surface area contributed by atoms with Crippen LogP contribution >= 0.6 is 0 Å². The van der Waals surface area contributed by atoms with E-state index in [4.69, 9.17) is 0 Å². The minimum atomic E-state index is -0.187. The van der Waals surface area contributed by atoms with E-state index >= 15 is 0 Å². The van der Waals surface area contributed by atoms with Gasteiger partial charge in [-0.2, -0.15) is 0 Å². The summed E-state index contributed by atoms with van der Waals surface area (Å²) in [5, 5.41) is 3.75. The highest BCUT2D eigenvalue weighted by Crippen LogP contribution is 2.37. The van der Waals surface area contributed by atoms with Crippen LogP contribution in [0.4, 0.5) is 0 Å². The van der Waals surface area contributed by atoms with E-state index in [9.17, 15) is 4.79 Å². The van der Waals surface area contributed by atoms with Crippen molar-refractivity contribution in [2.75, 3.05) is 7.05 Å². The van der Waals surface area contributed by atoms with Gasteiger partial charge in [-0.3, -0.25) is 9.78 Å². The molecule has 2 aromatic carbocycles. The lowest BCUT2D eigenvalue weighted by Gasteiger charge is -2.17. The summed E-state index contributed by atoms with van der Waals surface area (Å²) in [6, 6.07) is 18.1. The Morgan fingerprint density at radius 3 is 2.32 bits per heavy atom. The fraction of sp³-hybridized carbons (Fsp3) is 0.125. The van der Waals surface area contributed by atoms with Crippen LogP contribution in [-0.2, 0) is 0 Å². The van der Waals surface area contributed by atoms with E-state index in [1.807, 2.05) is 48.8 Å². The molecule has 2 aromatic heterocycles. The van der Waals surface area contributed by atoms with E-state index in [1.54, 1.807) is 7.05 Å². The first-order valence-corrected chi connectivity index (χ1v) is 9.23. The van der Waals surface area contributed by atoms with E-state index in [0.29, 0.717) is 5.69 Å². The van der Waals surface area contributed by atoms with Gasteiger partial charge in [0.2, 0.25) is 0 Å². The molecule has 0 spiro atoms. The first-order chi connectivity index (χ1) is 13.6. The molecule has 0 bridgehead atoms. The van der Waals surface area contributed by atoms with Crippen LogP contribution < -0.4 is 5.32 Å². The molecule has 0 unspecified atom stereocenters. The van der Waals surface area contributed by atoms with Gasteiger partial charge in [0.25, 0.3) is 5.91 Å². The molecule has 4 rings (SSSR count). The van der Waals surface area contributed by atoms with Gasteiger partial charge in [-0.05, 0) is 71.5 Å². The molecule has 0 aliphatic heterocycles. The van der Waals surface area contributed by atoms with Crippen molar-refractivity contribution < 1.29 is 4.79 Å². The summed E-state index contributed by atoms with van der Waals surface area (Å²) in [4.78, 5) is 21.1. The van der Waals surface area contributed by atoms with E-state index in [0.717, 1.165) is 38.7 Å². The second-order valence-corrected chi connectivity index (χ2v) is 6.82. The molecule has 0 aliphatic rings. The molecular formula is C24H21N3O. The van der Waals surface area contributed by atoms with Crippen molar-refractivity contribution in [2.24, 2.45) is 0 Å². The molecule has 0 saturated heterocycles. The smallest absolute Gasteiger partial charge is 0.269 e. The average molecular weight is 367 g/mol. The summed E-state index contributed by atoms with van der Waals surface area (Å²) in [5.41, 5.74) is 7.90. The first-order valence-electron chi connectivity index (χ1n) is 9.23. The topological polar surface area (TPSA) is 54.9 Å². The van der Waals surface area contributed by atoms with Gasteiger partial charge in [0.15, 0.2) is 0 Å². The molecular weight excluding hydrogens is 346 g/mol. The van der Waals surface area contributed by atoms with Crippen molar-refractivity contribution in [3.63, 3.8) is 0 Å². The number of nitrogens with one attached hydrogen (secondary N) is 1. The highest BCUT2D eigenvalue weighted by molar-refractivity contribution is 6.05. The maximum absolute atomic E-state index is 12.3. The third-order valence-corrected chi connectivity index (χ3v) is 5.06. The van der Waals surface area contributed by atoms with E-state index < -0.39 is 0 Å². The summed E-state index contributed by atoms with van der Waals surface area (Å²) in [6.45, 7) is 4.21. The largest absolute Gasteiger partial charge is 0.354 e. The number of rotatable bonds is 3. The Balaban J connectivity index is 2.10. The van der Waals surface area contributed by atoms with Crippen LogP contribution in [0.3, 0.4) is 0 Å². The molecule has 0 aliphatic carbocycles. The number of aromatic nitrogens is 2. The maximum Gasteiger partial charge on any atom is 0.269 e. The number of carbonyl (C=O) groups is 1. The number of amides is 1. The molecule has 0 saturated carbocycles. The van der Waals surface area contributed by atoms with Crippen LogP contribution in [0.15, 0.2) is 67.0 Å². The zero-order chi connectivity index (χ0) is 19.7. The molecule has 1 amide bonds. The second-order valence-electron chi connectivity index (χ2n) is 6.82. The predicted molar refractivity (Wildman–Crippen MR) is 113 cm³/mol. The fourth-order valence-electron chi connectivity index (χ4n) is 3.81. The Bertz CT molecular complexity index is 1170. The van der Waals surface area contributed by atoms with Crippen LogP contribution in [-0.4, -0.2) is 22.9 Å². The Kier molecular flexibility index (Phi) is 4.62. The molecule has 28 heavy (non-hydrogen) atoms. The summed E-state index contributed by atoms with van der Waals surface area (Å²) >= 11 is 0. The van der Waals surface area contributed by atoms with Crippen LogP contribution in [0.2, 0.25) is 0 Å². The van der Waals surface area contributed by atoms with Crippen molar-refractivity contribution in [2.45, 2.75) is 13.8 Å². The Hall–Kier alpha value is -3.53. The fourth-order valence-corrected chi connectivity index (χ4v) is 3.81. The number of aryl methyl sites for hydroxylation is 2. The van der Waals surface area contributed by atoms with Gasteiger partial charge in [-0.25, -0.2) is 4.98 Å². The lowest BCUT2D eigenvalue weighted by Crippen LogP contribution is -2.19. The van der Waals surface area contributed by atoms with Crippen molar-refractivity contribution in [1.82, 2.24) is 15.3 Å². The highest BCUT2D eigenvalue weighted by Gasteiger charge is 2.18. The minimum absolute atomic E-state index is 0.187. The van der Waals surface area contributed by atoms with Gasteiger partial charge in [0.1, 0.15) is 5.69 Å². The molecule has 0 radical (unpaired) electrons. The van der Waals surface area contributed by atoms with Crippen molar-refractivity contribution in [3.8, 4) is 22.3 Å². The zero-order valence-electron chi connectivity index (χ0n) is 16.2. The van der Waals surface area contributed by atoms with Crippen molar-refractivity contribution in [1.29, 1.82) is 0 Å². The number of pyridine rings is 2. The lowest BCUT2D eigenvalue weighted by molar-refractivity contribution is 0.0958. The van der Waals surface area contributed by atoms with Gasteiger partial charge >= 0.3 is 0 Å². The molecule has 0 fully saturated rings. The Labute approximate surface area is 164 Å². The lowest BCUT2D eigenvalue weighted by atomic mass is 9.89. The quantitative estimate of drug-likeness (QED) is 0.558. The van der Waals surface area contributed by atoms with Gasteiger partial charge < -0.3 is 5.32 Å². The second kappa shape index (κ2) is 7.24. The molecule has 2 heterocycles. The molecule has 138 valence electrons. The average Bonchev–Trinajstić information content (AvgIpc) is 2.73. The van der Waals surface area contributed by atoms with Crippen LogP contribution in [0.5, 0.6) is 0 Å². The highest BCUT2D eigenvalue weighted by atomic mass is 16.1. The van der Waals surface area contributed by atoms with Gasteiger partial charge in [-0.1, -0.05) is 30.3 Å². The molecule has 4 heteroatoms. The molecule has 0 atom stereocenters. The maximum atomic E-state index is 12.3. The van der Waals surface area contributed by atoms with Crippen molar-refractivity contribution >= 4 is 16.8 Å². The van der Waals surface area contributed by atoms with Crippen LogP contribution in [0.25, 0.3) is 33.2 Å². The molecule has 1 N–H and O–H groups in total.